The standard InChI is InChI=1S/C29H32F3N5O5S/c1-5-42-26(39)20-18(34-23(24-33-9-10-43-24)35-22(20)16-7-6-8-17(30)15(16)2)11-36-14-29(31,32)21-19(36)12-37(25(21)38)13-28(3,4)27(40)41/h6-10,19,21-22H,5,11-14H2,1-4H3,(H,34,35)(H,40,41). The molecule has 5 rings (SSSR count). The van der Waals surface area contributed by atoms with Crippen LogP contribution in [0, 0.1) is 24.1 Å². The van der Waals surface area contributed by atoms with Gasteiger partial charge in [0.05, 0.1) is 24.1 Å². The molecule has 2 saturated heterocycles. The second-order valence-corrected chi connectivity index (χ2v) is 12.4. The molecule has 0 bridgehead atoms. The second kappa shape index (κ2) is 11.4. The number of nitrogens with one attached hydrogen (secondary N) is 1. The van der Waals surface area contributed by atoms with Crippen LogP contribution in [0.1, 0.15) is 42.9 Å². The van der Waals surface area contributed by atoms with Crippen LogP contribution in [0.4, 0.5) is 13.2 Å². The molecule has 2 fully saturated rings. The number of halogens is 3. The fourth-order valence-corrected chi connectivity index (χ4v) is 6.47. The van der Waals surface area contributed by atoms with Gasteiger partial charge in [0.25, 0.3) is 5.92 Å². The monoisotopic (exact) mass is 619 g/mol. The smallest absolute Gasteiger partial charge is 0.338 e. The molecule has 4 heterocycles. The normalized spacial score (nSPS) is 23.7. The Bertz CT molecular complexity index is 1510. The number of likely N-dealkylation sites (tertiary alicyclic amines) is 2. The van der Waals surface area contributed by atoms with Crippen molar-refractivity contribution in [3.8, 4) is 0 Å². The van der Waals surface area contributed by atoms with E-state index in [4.69, 9.17) is 9.73 Å². The zero-order valence-corrected chi connectivity index (χ0v) is 24.9. The molecule has 230 valence electrons. The van der Waals surface area contributed by atoms with Crippen molar-refractivity contribution in [3.05, 3.63) is 63.0 Å². The summed E-state index contributed by atoms with van der Waals surface area (Å²) in [4.78, 5) is 50.0. The highest BCUT2D eigenvalue weighted by Gasteiger charge is 2.63. The number of benzene rings is 1. The lowest BCUT2D eigenvalue weighted by Crippen LogP contribution is -2.45. The molecule has 3 aliphatic heterocycles. The predicted octanol–water partition coefficient (Wildman–Crippen LogP) is 3.39. The maximum atomic E-state index is 15.4. The van der Waals surface area contributed by atoms with Crippen LogP contribution in [0.25, 0.3) is 0 Å². The molecule has 3 aliphatic rings. The number of rotatable bonds is 9. The van der Waals surface area contributed by atoms with E-state index < -0.39 is 59.5 Å². The number of hydrogen-bond acceptors (Lipinski definition) is 9. The highest BCUT2D eigenvalue weighted by Crippen LogP contribution is 2.45. The van der Waals surface area contributed by atoms with Gasteiger partial charge in [0, 0.05) is 43.0 Å². The summed E-state index contributed by atoms with van der Waals surface area (Å²) in [5.74, 6) is -7.97. The van der Waals surface area contributed by atoms with Crippen molar-refractivity contribution in [1.29, 1.82) is 0 Å². The van der Waals surface area contributed by atoms with Crippen molar-refractivity contribution in [2.75, 3.05) is 32.8 Å². The lowest BCUT2D eigenvalue weighted by molar-refractivity contribution is -0.150. The van der Waals surface area contributed by atoms with Gasteiger partial charge in [-0.05, 0) is 44.9 Å². The number of carbonyl (C=O) groups is 3. The molecular formula is C29H32F3N5O5S. The number of carbonyl (C=O) groups excluding carboxylic acids is 2. The van der Waals surface area contributed by atoms with Crippen molar-refractivity contribution < 1.29 is 37.4 Å². The molecule has 3 atom stereocenters. The molecule has 0 aliphatic carbocycles. The van der Waals surface area contributed by atoms with Crippen LogP contribution in [0.15, 0.2) is 46.0 Å². The summed E-state index contributed by atoms with van der Waals surface area (Å²) in [6, 6.07) is 2.47. The van der Waals surface area contributed by atoms with Gasteiger partial charge in [-0.2, -0.15) is 0 Å². The maximum absolute atomic E-state index is 15.4. The Balaban J connectivity index is 1.56. The number of nitrogens with zero attached hydrogens (tertiary/aromatic N) is 4. The number of alkyl halides is 2. The summed E-state index contributed by atoms with van der Waals surface area (Å²) in [6.45, 7) is 4.81. The van der Waals surface area contributed by atoms with Gasteiger partial charge in [-0.1, -0.05) is 12.1 Å². The zero-order valence-electron chi connectivity index (χ0n) is 24.1. The van der Waals surface area contributed by atoms with Crippen LogP contribution in [0.3, 0.4) is 0 Å². The van der Waals surface area contributed by atoms with Gasteiger partial charge in [0.1, 0.15) is 17.8 Å². The number of aliphatic imine (C=N–C) groups is 1. The van der Waals surface area contributed by atoms with Gasteiger partial charge >= 0.3 is 11.9 Å². The Morgan fingerprint density at radius 3 is 2.70 bits per heavy atom. The number of amidine groups is 1. The molecule has 10 nitrogen and oxygen atoms in total. The van der Waals surface area contributed by atoms with Gasteiger partial charge < -0.3 is 20.1 Å². The lowest BCUT2D eigenvalue weighted by atomic mass is 9.92. The zero-order chi connectivity index (χ0) is 31.3. The molecule has 43 heavy (non-hydrogen) atoms. The molecule has 14 heteroatoms. The summed E-state index contributed by atoms with van der Waals surface area (Å²) in [5.41, 5.74) is -0.410. The van der Waals surface area contributed by atoms with E-state index in [1.165, 1.54) is 47.1 Å². The minimum Gasteiger partial charge on any atom is -0.481 e. The fourth-order valence-electron chi connectivity index (χ4n) is 5.88. The summed E-state index contributed by atoms with van der Waals surface area (Å²) in [7, 11) is 0. The third kappa shape index (κ3) is 5.65. The first kappa shape index (κ1) is 30.7. The predicted molar refractivity (Wildman–Crippen MR) is 151 cm³/mol. The van der Waals surface area contributed by atoms with Crippen LogP contribution in [0.5, 0.6) is 0 Å². The largest absolute Gasteiger partial charge is 0.481 e. The first-order valence-electron chi connectivity index (χ1n) is 13.8. The third-order valence-corrected chi connectivity index (χ3v) is 8.87. The van der Waals surface area contributed by atoms with Crippen LogP contribution in [-0.4, -0.2) is 88.3 Å². The van der Waals surface area contributed by atoms with Gasteiger partial charge in [0.2, 0.25) is 5.91 Å². The van der Waals surface area contributed by atoms with Crippen molar-refractivity contribution in [2.24, 2.45) is 16.3 Å². The summed E-state index contributed by atoms with van der Waals surface area (Å²) >= 11 is 1.27. The number of aliphatic carboxylic acids is 1. The molecule has 0 radical (unpaired) electrons. The van der Waals surface area contributed by atoms with E-state index in [1.54, 1.807) is 31.5 Å². The Labute approximate surface area is 250 Å². The number of hydrogen-bond donors (Lipinski definition) is 2. The number of carboxylic acid groups (broad SMARTS) is 1. The van der Waals surface area contributed by atoms with E-state index in [2.05, 4.69) is 10.3 Å². The summed E-state index contributed by atoms with van der Waals surface area (Å²) < 4.78 is 50.9. The van der Waals surface area contributed by atoms with E-state index in [-0.39, 0.29) is 48.9 Å². The Hall–Kier alpha value is -3.78. The van der Waals surface area contributed by atoms with Gasteiger partial charge in [0.15, 0.2) is 10.8 Å². The quantitative estimate of drug-likeness (QED) is 0.410. The number of thiazole rings is 1. The highest BCUT2D eigenvalue weighted by atomic mass is 32.1. The van der Waals surface area contributed by atoms with Crippen molar-refractivity contribution >= 4 is 35.0 Å². The van der Waals surface area contributed by atoms with Crippen LogP contribution in [-0.2, 0) is 19.1 Å². The lowest BCUT2D eigenvalue weighted by Gasteiger charge is -2.32. The van der Waals surface area contributed by atoms with Crippen LogP contribution >= 0.6 is 11.3 Å². The molecule has 0 spiro atoms. The minimum atomic E-state index is -3.39. The maximum Gasteiger partial charge on any atom is 0.338 e. The first-order valence-corrected chi connectivity index (χ1v) is 14.7. The van der Waals surface area contributed by atoms with E-state index in [9.17, 15) is 23.9 Å². The Morgan fingerprint density at radius 1 is 1.30 bits per heavy atom. The van der Waals surface area contributed by atoms with Gasteiger partial charge in [-0.25, -0.2) is 22.9 Å². The Morgan fingerprint density at radius 2 is 2.05 bits per heavy atom. The Kier molecular flexibility index (Phi) is 8.11. The number of fused-ring (bicyclic) bond motifs is 1. The van der Waals surface area contributed by atoms with Crippen LogP contribution in [0.2, 0.25) is 0 Å². The van der Waals surface area contributed by atoms with E-state index in [0.29, 0.717) is 10.6 Å². The second-order valence-electron chi connectivity index (χ2n) is 11.5. The topological polar surface area (TPSA) is 124 Å². The highest BCUT2D eigenvalue weighted by molar-refractivity contribution is 7.11. The molecule has 2 aromatic rings. The molecule has 1 aromatic carbocycles. The first-order chi connectivity index (χ1) is 20.2. The van der Waals surface area contributed by atoms with Crippen molar-refractivity contribution in [3.63, 3.8) is 0 Å². The van der Waals surface area contributed by atoms with E-state index in [0.717, 1.165) is 0 Å². The van der Waals surface area contributed by atoms with E-state index in [1.807, 2.05) is 0 Å². The number of esters is 1. The average molecular weight is 620 g/mol. The third-order valence-electron chi connectivity index (χ3n) is 8.09. The number of aromatic nitrogens is 1. The molecule has 1 aromatic heterocycles. The minimum absolute atomic E-state index is 0.0306. The number of carboxylic acids is 1. The molecule has 1 amide bonds. The van der Waals surface area contributed by atoms with Crippen LogP contribution < -0.4 is 5.32 Å². The summed E-state index contributed by atoms with van der Waals surface area (Å²) in [6.07, 6.45) is 1.57. The average Bonchev–Trinajstić information content (AvgIpc) is 3.63. The molecular weight excluding hydrogens is 587 g/mol. The SMILES string of the molecule is CCOC(=O)C1=C(CN2CC(F)(F)C3C(=O)N(CC(C)(C)C(=O)O)CC32)NC(c2nccs2)=NC1c1cccc(F)c1C. The van der Waals surface area contributed by atoms with Gasteiger partial charge in [-0.3, -0.25) is 19.5 Å². The fraction of sp³-hybridized carbons (Fsp3) is 0.483. The van der Waals surface area contributed by atoms with Gasteiger partial charge in [-0.15, -0.1) is 11.3 Å². The molecule has 0 saturated carbocycles. The number of ether oxygens (including phenoxy) is 1. The molecule has 3 unspecified atom stereocenters. The van der Waals surface area contributed by atoms with E-state index >= 15 is 8.78 Å². The molecule has 2 N–H and O–H groups in total. The van der Waals surface area contributed by atoms with Crippen molar-refractivity contribution in [1.82, 2.24) is 20.1 Å². The number of amides is 1. The van der Waals surface area contributed by atoms with Crippen molar-refractivity contribution in [2.45, 2.75) is 45.7 Å². The summed E-state index contributed by atoms with van der Waals surface area (Å²) in [5, 5.41) is 14.9.